The molecule has 0 unspecified atom stereocenters. The Labute approximate surface area is 118 Å². The monoisotopic (exact) mass is 284 g/mol. The molecule has 1 saturated carbocycles. The van der Waals surface area contributed by atoms with Gasteiger partial charge < -0.3 is 15.0 Å². The molecule has 1 N–H and O–H groups in total. The van der Waals surface area contributed by atoms with Crippen LogP contribution in [0.1, 0.15) is 24.8 Å². The minimum absolute atomic E-state index is 0.0382. The maximum absolute atomic E-state index is 14.1. The standard InChI is InChI=1S/C15H22F2N2O/c1-19(6-3-7-20-2)15-13(16)8-11(9-14(15)17)10-18-12-4-5-12/h8-9,12,18H,3-7,10H2,1-2H3. The minimum Gasteiger partial charge on any atom is -0.385 e. The number of rotatable bonds is 8. The predicted molar refractivity (Wildman–Crippen MR) is 76.0 cm³/mol. The van der Waals surface area contributed by atoms with Gasteiger partial charge in [-0.3, -0.25) is 0 Å². The highest BCUT2D eigenvalue weighted by molar-refractivity contribution is 5.50. The third kappa shape index (κ3) is 4.15. The zero-order valence-corrected chi connectivity index (χ0v) is 12.1. The largest absolute Gasteiger partial charge is 0.385 e. The van der Waals surface area contributed by atoms with Crippen molar-refractivity contribution in [2.75, 3.05) is 32.2 Å². The second kappa shape index (κ2) is 6.99. The lowest BCUT2D eigenvalue weighted by molar-refractivity contribution is 0.196. The van der Waals surface area contributed by atoms with Crippen LogP contribution in [0.4, 0.5) is 14.5 Å². The number of ether oxygens (including phenoxy) is 1. The number of hydrogen-bond donors (Lipinski definition) is 1. The van der Waals surface area contributed by atoms with E-state index >= 15 is 0 Å². The van der Waals surface area contributed by atoms with Crippen LogP contribution in [0.5, 0.6) is 0 Å². The Morgan fingerprint density at radius 2 is 1.95 bits per heavy atom. The molecule has 0 aromatic heterocycles. The first kappa shape index (κ1) is 15.2. The molecule has 1 aromatic rings. The number of methoxy groups -OCH3 is 1. The molecule has 1 aliphatic rings. The first-order chi connectivity index (χ1) is 9.61. The van der Waals surface area contributed by atoms with Crippen molar-refractivity contribution in [1.29, 1.82) is 0 Å². The molecule has 5 heteroatoms. The summed E-state index contributed by atoms with van der Waals surface area (Å²) in [6.07, 6.45) is 3.05. The van der Waals surface area contributed by atoms with E-state index < -0.39 is 11.6 Å². The van der Waals surface area contributed by atoms with E-state index in [1.54, 1.807) is 19.1 Å². The Balaban J connectivity index is 2.00. The average molecular weight is 284 g/mol. The first-order valence-electron chi connectivity index (χ1n) is 7.03. The maximum atomic E-state index is 14.1. The van der Waals surface area contributed by atoms with E-state index in [0.717, 1.165) is 19.3 Å². The zero-order chi connectivity index (χ0) is 14.5. The van der Waals surface area contributed by atoms with Gasteiger partial charge in [0, 0.05) is 39.9 Å². The van der Waals surface area contributed by atoms with Gasteiger partial charge in [0.15, 0.2) is 0 Å². The normalized spacial score (nSPS) is 14.6. The first-order valence-corrected chi connectivity index (χ1v) is 7.03. The van der Waals surface area contributed by atoms with Gasteiger partial charge >= 0.3 is 0 Å². The van der Waals surface area contributed by atoms with E-state index in [0.29, 0.717) is 31.3 Å². The number of anilines is 1. The highest BCUT2D eigenvalue weighted by atomic mass is 19.1. The molecule has 0 spiro atoms. The fourth-order valence-electron chi connectivity index (χ4n) is 2.19. The summed E-state index contributed by atoms with van der Waals surface area (Å²) in [7, 11) is 3.31. The molecule has 20 heavy (non-hydrogen) atoms. The van der Waals surface area contributed by atoms with Crippen molar-refractivity contribution >= 4 is 5.69 Å². The molecule has 0 bridgehead atoms. The summed E-state index contributed by atoms with van der Waals surface area (Å²) in [6, 6.07) is 3.36. The fourth-order valence-corrected chi connectivity index (χ4v) is 2.19. The Kier molecular flexibility index (Phi) is 5.31. The molecule has 2 rings (SSSR count). The molecule has 0 aliphatic heterocycles. The summed E-state index contributed by atoms with van der Waals surface area (Å²) in [4.78, 5) is 1.60. The minimum atomic E-state index is -0.502. The molecule has 0 amide bonds. The Bertz CT molecular complexity index is 426. The Morgan fingerprint density at radius 3 is 2.50 bits per heavy atom. The molecule has 1 aliphatic carbocycles. The third-order valence-corrected chi connectivity index (χ3v) is 3.47. The van der Waals surface area contributed by atoms with Gasteiger partial charge in [0.05, 0.1) is 0 Å². The van der Waals surface area contributed by atoms with Gasteiger partial charge in [0.2, 0.25) is 0 Å². The van der Waals surface area contributed by atoms with Crippen LogP contribution in [-0.4, -0.2) is 33.4 Å². The number of halogens is 2. The highest BCUT2D eigenvalue weighted by Crippen LogP contribution is 2.25. The van der Waals surface area contributed by atoms with Crippen LogP contribution in [0.15, 0.2) is 12.1 Å². The van der Waals surface area contributed by atoms with Gasteiger partial charge in [-0.15, -0.1) is 0 Å². The molecule has 1 aromatic carbocycles. The number of nitrogens with zero attached hydrogens (tertiary/aromatic N) is 1. The van der Waals surface area contributed by atoms with E-state index in [2.05, 4.69) is 5.32 Å². The van der Waals surface area contributed by atoms with Gasteiger partial charge in [0.1, 0.15) is 17.3 Å². The van der Waals surface area contributed by atoms with Gasteiger partial charge in [-0.05, 0) is 37.0 Å². The second-order valence-electron chi connectivity index (χ2n) is 5.33. The molecular weight excluding hydrogens is 262 g/mol. The SMILES string of the molecule is COCCCN(C)c1c(F)cc(CNC2CC2)cc1F. The van der Waals surface area contributed by atoms with E-state index in [-0.39, 0.29) is 5.69 Å². The van der Waals surface area contributed by atoms with Crippen molar-refractivity contribution in [1.82, 2.24) is 5.32 Å². The highest BCUT2D eigenvalue weighted by Gasteiger charge is 2.21. The lowest BCUT2D eigenvalue weighted by atomic mass is 10.1. The average Bonchev–Trinajstić information content (AvgIpc) is 3.20. The second-order valence-corrected chi connectivity index (χ2v) is 5.33. The van der Waals surface area contributed by atoms with Gasteiger partial charge in [0.25, 0.3) is 0 Å². The van der Waals surface area contributed by atoms with Crippen LogP contribution in [0, 0.1) is 11.6 Å². The summed E-state index contributed by atoms with van der Waals surface area (Å²) in [6.45, 7) is 1.66. The molecular formula is C15H22F2N2O. The summed E-state index contributed by atoms with van der Waals surface area (Å²) < 4.78 is 33.1. The smallest absolute Gasteiger partial charge is 0.149 e. The number of benzene rings is 1. The summed E-state index contributed by atoms with van der Waals surface area (Å²) >= 11 is 0. The Morgan fingerprint density at radius 1 is 1.30 bits per heavy atom. The summed E-state index contributed by atoms with van der Waals surface area (Å²) in [5, 5.41) is 3.25. The molecule has 0 heterocycles. The van der Waals surface area contributed by atoms with E-state index in [4.69, 9.17) is 4.74 Å². The van der Waals surface area contributed by atoms with Crippen LogP contribution < -0.4 is 10.2 Å². The van der Waals surface area contributed by atoms with E-state index in [9.17, 15) is 8.78 Å². The van der Waals surface area contributed by atoms with Crippen molar-refractivity contribution in [3.8, 4) is 0 Å². The summed E-state index contributed by atoms with van der Waals surface area (Å²) in [5.41, 5.74) is 0.692. The lowest BCUT2D eigenvalue weighted by Gasteiger charge is -2.21. The molecule has 0 radical (unpaired) electrons. The predicted octanol–water partition coefficient (Wildman–Crippen LogP) is 2.69. The molecule has 0 saturated heterocycles. The van der Waals surface area contributed by atoms with Crippen molar-refractivity contribution in [3.63, 3.8) is 0 Å². The van der Waals surface area contributed by atoms with Crippen LogP contribution in [0.2, 0.25) is 0 Å². The fraction of sp³-hybridized carbons (Fsp3) is 0.600. The van der Waals surface area contributed by atoms with Crippen LogP contribution in [0.3, 0.4) is 0 Å². The van der Waals surface area contributed by atoms with Crippen molar-refractivity contribution in [3.05, 3.63) is 29.3 Å². The maximum Gasteiger partial charge on any atom is 0.149 e. The van der Waals surface area contributed by atoms with Crippen LogP contribution in [-0.2, 0) is 11.3 Å². The van der Waals surface area contributed by atoms with Crippen molar-refractivity contribution in [2.24, 2.45) is 0 Å². The molecule has 1 fully saturated rings. The molecule has 3 nitrogen and oxygen atoms in total. The van der Waals surface area contributed by atoms with Gasteiger partial charge in [-0.1, -0.05) is 0 Å². The third-order valence-electron chi connectivity index (χ3n) is 3.47. The van der Waals surface area contributed by atoms with Crippen molar-refractivity contribution in [2.45, 2.75) is 31.8 Å². The van der Waals surface area contributed by atoms with Crippen LogP contribution >= 0.6 is 0 Å². The number of hydrogen-bond acceptors (Lipinski definition) is 3. The quantitative estimate of drug-likeness (QED) is 0.743. The summed E-state index contributed by atoms with van der Waals surface area (Å²) in [5.74, 6) is -1.00. The zero-order valence-electron chi connectivity index (χ0n) is 12.1. The Hall–Kier alpha value is -1.20. The molecule has 0 atom stereocenters. The van der Waals surface area contributed by atoms with E-state index in [1.165, 1.54) is 12.1 Å². The van der Waals surface area contributed by atoms with Crippen molar-refractivity contribution < 1.29 is 13.5 Å². The lowest BCUT2D eigenvalue weighted by Crippen LogP contribution is -2.23. The van der Waals surface area contributed by atoms with Gasteiger partial charge in [-0.2, -0.15) is 0 Å². The van der Waals surface area contributed by atoms with E-state index in [1.807, 2.05) is 0 Å². The van der Waals surface area contributed by atoms with Gasteiger partial charge in [-0.25, -0.2) is 8.78 Å². The topological polar surface area (TPSA) is 24.5 Å². The van der Waals surface area contributed by atoms with Crippen LogP contribution in [0.25, 0.3) is 0 Å². The molecule has 112 valence electrons. The number of nitrogens with one attached hydrogen (secondary N) is 1.